The second-order valence-corrected chi connectivity index (χ2v) is 9.51. The van der Waals surface area contributed by atoms with E-state index in [-0.39, 0.29) is 11.8 Å². The van der Waals surface area contributed by atoms with Crippen molar-refractivity contribution >= 4 is 40.3 Å². The van der Waals surface area contributed by atoms with E-state index in [9.17, 15) is 4.79 Å². The predicted octanol–water partition coefficient (Wildman–Crippen LogP) is 6.18. The van der Waals surface area contributed by atoms with Crippen molar-refractivity contribution in [2.45, 2.75) is 13.5 Å². The van der Waals surface area contributed by atoms with Gasteiger partial charge in [-0.25, -0.2) is 0 Å². The Morgan fingerprint density at radius 2 is 1.55 bits per heavy atom. The molecule has 0 bridgehead atoms. The molecule has 3 aromatic rings. The van der Waals surface area contributed by atoms with Gasteiger partial charge in [0.1, 0.15) is 15.8 Å². The number of thiocarbonyl (C=S) groups is 1. The largest absolute Gasteiger partial charge is 0.493 e. The molecule has 3 aromatic carbocycles. The molecule has 1 aliphatic rings. The maximum Gasteiger partial charge on any atom is 0.266 e. The average Bonchev–Trinajstić information content (AvgIpc) is 3.11. The molecule has 0 aliphatic carbocycles. The number of carbonyl (C=O) groups excluding carboxylic acids is 1. The fraction of sp³-hybridized carbons (Fsp3) is 0.185. The van der Waals surface area contributed by atoms with E-state index in [4.69, 9.17) is 21.7 Å². The first-order valence-electron chi connectivity index (χ1n) is 10.8. The van der Waals surface area contributed by atoms with Gasteiger partial charge in [0.05, 0.1) is 24.7 Å². The van der Waals surface area contributed by atoms with Crippen molar-refractivity contribution in [2.75, 3.05) is 13.2 Å². The molecular weight excluding hydrogens is 450 g/mol. The molecule has 0 aromatic heterocycles. The molecule has 1 atom stereocenters. The van der Waals surface area contributed by atoms with Crippen molar-refractivity contribution in [1.29, 1.82) is 0 Å². The Morgan fingerprint density at radius 1 is 0.909 bits per heavy atom. The standard InChI is InChI=1S/C27H25NO3S2/c1-20(18-30-23-13-6-3-7-14-23)19-31-24-15-9-8-12-22(24)16-25-26(29)28(27(32)33-25)17-21-10-4-2-5-11-21/h2-16,20H,17-19H2,1H3/b25-16-/t20-/m0/s1. The molecule has 1 fully saturated rings. The fourth-order valence-electron chi connectivity index (χ4n) is 3.31. The second kappa shape index (κ2) is 11.2. The van der Waals surface area contributed by atoms with Gasteiger partial charge in [0, 0.05) is 11.5 Å². The van der Waals surface area contributed by atoms with Crippen LogP contribution in [0.2, 0.25) is 0 Å². The minimum atomic E-state index is -0.0757. The summed E-state index contributed by atoms with van der Waals surface area (Å²) in [6.45, 7) is 3.62. The van der Waals surface area contributed by atoms with Crippen molar-refractivity contribution in [3.05, 3.63) is 101 Å². The third kappa shape index (κ3) is 6.24. The highest BCUT2D eigenvalue weighted by Gasteiger charge is 2.32. The molecule has 1 saturated heterocycles. The number of nitrogens with zero attached hydrogens (tertiary/aromatic N) is 1. The van der Waals surface area contributed by atoms with Gasteiger partial charge in [-0.2, -0.15) is 0 Å². The van der Waals surface area contributed by atoms with Crippen LogP contribution in [0.3, 0.4) is 0 Å². The van der Waals surface area contributed by atoms with Crippen molar-refractivity contribution in [2.24, 2.45) is 5.92 Å². The minimum Gasteiger partial charge on any atom is -0.493 e. The zero-order valence-electron chi connectivity index (χ0n) is 18.3. The number of hydrogen-bond donors (Lipinski definition) is 0. The first kappa shape index (κ1) is 23.1. The van der Waals surface area contributed by atoms with E-state index in [2.05, 4.69) is 6.92 Å². The first-order valence-corrected chi connectivity index (χ1v) is 12.0. The number of carbonyl (C=O) groups is 1. The lowest BCUT2D eigenvalue weighted by molar-refractivity contribution is -0.122. The quantitative estimate of drug-likeness (QED) is 0.273. The zero-order chi connectivity index (χ0) is 23.0. The van der Waals surface area contributed by atoms with Crippen molar-refractivity contribution in [3.63, 3.8) is 0 Å². The summed E-state index contributed by atoms with van der Waals surface area (Å²) >= 11 is 6.81. The van der Waals surface area contributed by atoms with Crippen LogP contribution in [-0.4, -0.2) is 28.3 Å². The highest BCUT2D eigenvalue weighted by atomic mass is 32.2. The van der Waals surface area contributed by atoms with Gasteiger partial charge in [-0.3, -0.25) is 9.69 Å². The number of ether oxygens (including phenoxy) is 2. The molecule has 6 heteroatoms. The van der Waals surface area contributed by atoms with E-state index in [1.807, 2.05) is 91.0 Å². The molecule has 33 heavy (non-hydrogen) atoms. The monoisotopic (exact) mass is 475 g/mol. The van der Waals surface area contributed by atoms with E-state index < -0.39 is 0 Å². The molecule has 1 aliphatic heterocycles. The lowest BCUT2D eigenvalue weighted by Gasteiger charge is -2.16. The van der Waals surface area contributed by atoms with Crippen LogP contribution in [-0.2, 0) is 11.3 Å². The molecule has 168 valence electrons. The number of benzene rings is 3. The third-order valence-corrected chi connectivity index (χ3v) is 6.44. The number of amides is 1. The van der Waals surface area contributed by atoms with Crippen LogP contribution in [0.25, 0.3) is 6.08 Å². The van der Waals surface area contributed by atoms with Gasteiger partial charge in [-0.15, -0.1) is 0 Å². The maximum atomic E-state index is 13.0. The topological polar surface area (TPSA) is 38.8 Å². The molecule has 0 unspecified atom stereocenters. The van der Waals surface area contributed by atoms with Crippen LogP contribution in [0.4, 0.5) is 0 Å². The maximum absolute atomic E-state index is 13.0. The van der Waals surface area contributed by atoms with E-state index in [0.29, 0.717) is 29.0 Å². The molecule has 0 radical (unpaired) electrons. The van der Waals surface area contributed by atoms with Gasteiger partial charge in [-0.1, -0.05) is 97.6 Å². The van der Waals surface area contributed by atoms with Crippen LogP contribution in [0, 0.1) is 5.92 Å². The van der Waals surface area contributed by atoms with Gasteiger partial charge < -0.3 is 9.47 Å². The summed E-state index contributed by atoms with van der Waals surface area (Å²) in [7, 11) is 0. The summed E-state index contributed by atoms with van der Waals surface area (Å²) in [5.74, 6) is 1.70. The van der Waals surface area contributed by atoms with Crippen LogP contribution in [0.15, 0.2) is 89.8 Å². The van der Waals surface area contributed by atoms with Crippen molar-refractivity contribution in [1.82, 2.24) is 4.90 Å². The summed E-state index contributed by atoms with van der Waals surface area (Å²) in [4.78, 5) is 15.3. The first-order chi connectivity index (χ1) is 16.1. The smallest absolute Gasteiger partial charge is 0.266 e. The van der Waals surface area contributed by atoms with Crippen LogP contribution >= 0.6 is 24.0 Å². The Hall–Kier alpha value is -3.09. The Balaban J connectivity index is 1.39. The van der Waals surface area contributed by atoms with E-state index >= 15 is 0 Å². The number of rotatable bonds is 9. The zero-order valence-corrected chi connectivity index (χ0v) is 20.0. The van der Waals surface area contributed by atoms with E-state index in [1.165, 1.54) is 11.8 Å². The second-order valence-electron chi connectivity index (χ2n) is 7.83. The predicted molar refractivity (Wildman–Crippen MR) is 138 cm³/mol. The van der Waals surface area contributed by atoms with E-state index in [0.717, 1.165) is 22.6 Å². The Morgan fingerprint density at radius 3 is 2.30 bits per heavy atom. The van der Waals surface area contributed by atoms with Gasteiger partial charge in [0.15, 0.2) is 0 Å². The minimum absolute atomic E-state index is 0.0757. The Kier molecular flexibility index (Phi) is 7.81. The summed E-state index contributed by atoms with van der Waals surface area (Å²) in [5.41, 5.74) is 1.90. The molecule has 0 spiro atoms. The van der Waals surface area contributed by atoms with Crippen LogP contribution in [0.1, 0.15) is 18.1 Å². The molecule has 0 saturated carbocycles. The highest BCUT2D eigenvalue weighted by Crippen LogP contribution is 2.35. The van der Waals surface area contributed by atoms with Gasteiger partial charge >= 0.3 is 0 Å². The molecule has 1 heterocycles. The summed E-state index contributed by atoms with van der Waals surface area (Å²) in [6, 6.07) is 27.4. The average molecular weight is 476 g/mol. The number of thioether (sulfide) groups is 1. The molecular formula is C27H25NO3S2. The molecule has 1 amide bonds. The summed E-state index contributed by atoms with van der Waals surface area (Å²) in [5, 5.41) is 0. The van der Waals surface area contributed by atoms with Crippen LogP contribution in [0.5, 0.6) is 11.5 Å². The summed E-state index contributed by atoms with van der Waals surface area (Å²) < 4.78 is 12.5. The van der Waals surface area contributed by atoms with Gasteiger partial charge in [0.2, 0.25) is 0 Å². The van der Waals surface area contributed by atoms with Crippen molar-refractivity contribution in [3.8, 4) is 11.5 Å². The Labute approximate surface area is 204 Å². The lowest BCUT2D eigenvalue weighted by atomic mass is 10.1. The van der Waals surface area contributed by atoms with Gasteiger partial charge in [-0.05, 0) is 29.8 Å². The van der Waals surface area contributed by atoms with Crippen LogP contribution < -0.4 is 9.47 Å². The molecule has 4 nitrogen and oxygen atoms in total. The molecule has 4 rings (SSSR count). The summed E-state index contributed by atoms with van der Waals surface area (Å²) in [6.07, 6.45) is 1.87. The number of hydrogen-bond acceptors (Lipinski definition) is 5. The van der Waals surface area contributed by atoms with E-state index in [1.54, 1.807) is 4.90 Å². The van der Waals surface area contributed by atoms with Crippen molar-refractivity contribution < 1.29 is 14.3 Å². The SMILES string of the molecule is C[C@@H](COc1ccccc1)COc1ccccc1/C=C1\SC(=S)N(Cc2ccccc2)C1=O. The lowest BCUT2D eigenvalue weighted by Crippen LogP contribution is -2.27. The van der Waals surface area contributed by atoms with Gasteiger partial charge in [0.25, 0.3) is 5.91 Å². The Bertz CT molecular complexity index is 1130. The third-order valence-electron chi connectivity index (χ3n) is 5.06. The number of para-hydroxylation sites is 2. The normalized spacial score (nSPS) is 15.7. The fourth-order valence-corrected chi connectivity index (χ4v) is 4.56. The molecule has 0 N–H and O–H groups in total. The highest BCUT2D eigenvalue weighted by molar-refractivity contribution is 8.26.